The zero-order valence-electron chi connectivity index (χ0n) is 19.8. The molecule has 2 aliphatic heterocycles. The lowest BCUT2D eigenvalue weighted by molar-refractivity contribution is -0.122. The number of likely N-dealkylation sites (tertiary alicyclic amines) is 2. The monoisotopic (exact) mass is 576 g/mol. The number of carbonyl (C=O) groups is 1. The van der Waals surface area contributed by atoms with Crippen LogP contribution >= 0.6 is 35.3 Å². The van der Waals surface area contributed by atoms with Crippen LogP contribution in [0.1, 0.15) is 49.9 Å². The summed E-state index contributed by atoms with van der Waals surface area (Å²) >= 11 is 1.87. The van der Waals surface area contributed by atoms with Crippen LogP contribution in [0.15, 0.2) is 22.5 Å². The molecule has 0 radical (unpaired) electrons. The fourth-order valence-corrected chi connectivity index (χ4v) is 5.74. The highest BCUT2D eigenvalue weighted by molar-refractivity contribution is 14.0. The molecule has 0 aromatic carbocycles. The van der Waals surface area contributed by atoms with Crippen molar-refractivity contribution in [2.75, 3.05) is 53.4 Å². The van der Waals surface area contributed by atoms with Gasteiger partial charge in [0.1, 0.15) is 0 Å². The molecule has 2 saturated heterocycles. The lowest BCUT2D eigenvalue weighted by atomic mass is 9.88. The highest BCUT2D eigenvalue weighted by Crippen LogP contribution is 2.36. The number of aliphatic imine (C=N–C) groups is 1. The summed E-state index contributed by atoms with van der Waals surface area (Å²) in [5.41, 5.74) is 0. The SMILES string of the molecule is CCCNC(=O)CN1CCC(NC(=NC)NCC2CCCN(C)C2c2cccs2)CC1.I. The van der Waals surface area contributed by atoms with Crippen molar-refractivity contribution in [3.63, 3.8) is 0 Å². The number of thiophene rings is 1. The Morgan fingerprint density at radius 3 is 2.66 bits per heavy atom. The number of amides is 1. The zero-order valence-corrected chi connectivity index (χ0v) is 23.0. The van der Waals surface area contributed by atoms with Gasteiger partial charge in [0, 0.05) is 50.2 Å². The van der Waals surface area contributed by atoms with E-state index in [1.54, 1.807) is 0 Å². The highest BCUT2D eigenvalue weighted by Gasteiger charge is 2.31. The van der Waals surface area contributed by atoms with Crippen LogP contribution < -0.4 is 16.0 Å². The molecule has 1 amide bonds. The van der Waals surface area contributed by atoms with Gasteiger partial charge in [0.2, 0.25) is 5.91 Å². The fraction of sp³-hybridized carbons (Fsp3) is 0.739. The van der Waals surface area contributed by atoms with Crippen LogP contribution in [0, 0.1) is 5.92 Å². The summed E-state index contributed by atoms with van der Waals surface area (Å²) in [6, 6.07) is 5.32. The van der Waals surface area contributed by atoms with Crippen molar-refractivity contribution in [2.24, 2.45) is 10.9 Å². The quantitative estimate of drug-likeness (QED) is 0.252. The van der Waals surface area contributed by atoms with E-state index in [1.165, 1.54) is 24.3 Å². The number of piperidine rings is 2. The number of nitrogens with one attached hydrogen (secondary N) is 3. The smallest absolute Gasteiger partial charge is 0.234 e. The second kappa shape index (κ2) is 14.4. The minimum absolute atomic E-state index is 0. The molecule has 0 spiro atoms. The molecule has 0 saturated carbocycles. The molecule has 182 valence electrons. The maximum absolute atomic E-state index is 11.9. The van der Waals surface area contributed by atoms with Gasteiger partial charge in [-0.1, -0.05) is 13.0 Å². The van der Waals surface area contributed by atoms with Gasteiger partial charge in [0.25, 0.3) is 0 Å². The van der Waals surface area contributed by atoms with Crippen molar-refractivity contribution in [3.8, 4) is 0 Å². The number of nitrogens with zero attached hydrogens (tertiary/aromatic N) is 3. The number of hydrogen-bond donors (Lipinski definition) is 3. The van der Waals surface area contributed by atoms with Gasteiger partial charge in [-0.3, -0.25) is 19.6 Å². The molecule has 1 aromatic rings. The van der Waals surface area contributed by atoms with E-state index in [0.717, 1.165) is 51.4 Å². The Labute approximate surface area is 214 Å². The number of halogens is 1. The molecule has 2 atom stereocenters. The zero-order chi connectivity index (χ0) is 22.1. The van der Waals surface area contributed by atoms with Crippen LogP contribution in [-0.4, -0.2) is 81.1 Å². The summed E-state index contributed by atoms with van der Waals surface area (Å²) in [5.74, 6) is 1.63. The Morgan fingerprint density at radius 2 is 2.00 bits per heavy atom. The standard InChI is InChI=1S/C23H40N6OS.HI/c1-4-11-25-21(30)17-29-13-9-19(10-14-29)27-23(24-2)26-16-18-7-5-12-28(3)22(18)20-8-6-15-31-20;/h6,8,15,18-19,22H,4-5,7,9-14,16-17H2,1-3H3,(H,25,30)(H2,24,26,27);1H. The number of guanidine groups is 1. The molecule has 3 rings (SSSR count). The van der Waals surface area contributed by atoms with E-state index in [0.29, 0.717) is 24.5 Å². The Morgan fingerprint density at radius 1 is 1.22 bits per heavy atom. The van der Waals surface area contributed by atoms with Crippen molar-refractivity contribution < 1.29 is 4.79 Å². The topological polar surface area (TPSA) is 72.0 Å². The molecule has 32 heavy (non-hydrogen) atoms. The van der Waals surface area contributed by atoms with E-state index < -0.39 is 0 Å². The highest BCUT2D eigenvalue weighted by atomic mass is 127. The van der Waals surface area contributed by atoms with Gasteiger partial charge < -0.3 is 16.0 Å². The molecule has 2 fully saturated rings. The van der Waals surface area contributed by atoms with Gasteiger partial charge >= 0.3 is 0 Å². The van der Waals surface area contributed by atoms with Gasteiger partial charge in [0.15, 0.2) is 5.96 Å². The van der Waals surface area contributed by atoms with Gasteiger partial charge in [-0.15, -0.1) is 35.3 Å². The molecule has 3 heterocycles. The van der Waals surface area contributed by atoms with Crippen molar-refractivity contribution in [2.45, 2.75) is 51.1 Å². The van der Waals surface area contributed by atoms with E-state index in [4.69, 9.17) is 0 Å². The van der Waals surface area contributed by atoms with E-state index in [1.807, 2.05) is 18.4 Å². The molecule has 0 bridgehead atoms. The second-order valence-electron chi connectivity index (χ2n) is 8.84. The number of hydrogen-bond acceptors (Lipinski definition) is 5. The van der Waals surface area contributed by atoms with Crippen LogP contribution in [0.2, 0.25) is 0 Å². The average molecular weight is 577 g/mol. The van der Waals surface area contributed by atoms with Crippen molar-refractivity contribution >= 4 is 47.2 Å². The van der Waals surface area contributed by atoms with Gasteiger partial charge in [-0.05, 0) is 63.1 Å². The summed E-state index contributed by atoms with van der Waals surface area (Å²) in [7, 11) is 4.10. The lowest BCUT2D eigenvalue weighted by Gasteiger charge is -2.39. The first-order valence-electron chi connectivity index (χ1n) is 11.8. The Hall–Kier alpha value is -0.910. The van der Waals surface area contributed by atoms with E-state index in [9.17, 15) is 4.79 Å². The lowest BCUT2D eigenvalue weighted by Crippen LogP contribution is -2.51. The van der Waals surface area contributed by atoms with Crippen LogP contribution in [0.25, 0.3) is 0 Å². The summed E-state index contributed by atoms with van der Waals surface area (Å²) in [5, 5.41) is 12.4. The Balaban J connectivity index is 0.00000363. The molecule has 2 aliphatic rings. The van der Waals surface area contributed by atoms with Crippen molar-refractivity contribution in [3.05, 3.63) is 22.4 Å². The average Bonchev–Trinajstić information content (AvgIpc) is 3.30. The van der Waals surface area contributed by atoms with Crippen LogP contribution in [-0.2, 0) is 4.79 Å². The van der Waals surface area contributed by atoms with E-state index >= 15 is 0 Å². The van der Waals surface area contributed by atoms with Crippen molar-refractivity contribution in [1.29, 1.82) is 0 Å². The first kappa shape index (κ1) is 27.3. The molecule has 1 aromatic heterocycles. The first-order valence-corrected chi connectivity index (χ1v) is 12.7. The van der Waals surface area contributed by atoms with Gasteiger partial charge in [-0.2, -0.15) is 0 Å². The van der Waals surface area contributed by atoms with Crippen LogP contribution in [0.3, 0.4) is 0 Å². The number of carbonyl (C=O) groups excluding carboxylic acids is 1. The third-order valence-corrected chi connectivity index (χ3v) is 7.41. The van der Waals surface area contributed by atoms with Crippen molar-refractivity contribution in [1.82, 2.24) is 25.8 Å². The van der Waals surface area contributed by atoms with E-state index in [2.05, 4.69) is 62.2 Å². The van der Waals surface area contributed by atoms with Crippen LogP contribution in [0.5, 0.6) is 0 Å². The minimum Gasteiger partial charge on any atom is -0.356 e. The summed E-state index contributed by atoms with van der Waals surface area (Å²) in [6.07, 6.45) is 5.54. The Bertz CT molecular complexity index is 693. The molecular weight excluding hydrogens is 535 g/mol. The molecule has 7 nitrogen and oxygen atoms in total. The third kappa shape index (κ3) is 8.14. The maximum atomic E-state index is 11.9. The summed E-state index contributed by atoms with van der Waals surface area (Å²) in [4.78, 5) is 22.6. The van der Waals surface area contributed by atoms with E-state index in [-0.39, 0.29) is 29.9 Å². The normalized spacial score (nSPS) is 23.4. The van der Waals surface area contributed by atoms with Gasteiger partial charge in [0.05, 0.1) is 6.54 Å². The van der Waals surface area contributed by atoms with Crippen LogP contribution in [0.4, 0.5) is 0 Å². The third-order valence-electron chi connectivity index (χ3n) is 6.46. The number of rotatable bonds is 8. The molecule has 9 heteroatoms. The minimum atomic E-state index is 0. The predicted molar refractivity (Wildman–Crippen MR) is 145 cm³/mol. The molecule has 2 unspecified atom stereocenters. The first-order chi connectivity index (χ1) is 15.1. The Kier molecular flexibility index (Phi) is 12.3. The summed E-state index contributed by atoms with van der Waals surface area (Å²) < 4.78 is 0. The van der Waals surface area contributed by atoms with Gasteiger partial charge in [-0.25, -0.2) is 0 Å². The molecule has 3 N–H and O–H groups in total. The molecular formula is C23H41IN6OS. The second-order valence-corrected chi connectivity index (χ2v) is 9.82. The predicted octanol–water partition coefficient (Wildman–Crippen LogP) is 2.90. The fourth-order valence-electron chi connectivity index (χ4n) is 4.76. The largest absolute Gasteiger partial charge is 0.356 e. The summed E-state index contributed by atoms with van der Waals surface area (Å²) in [6.45, 7) is 7.35. The maximum Gasteiger partial charge on any atom is 0.234 e. The molecule has 0 aliphatic carbocycles.